The molecule has 3 nitrogen and oxygen atoms in total. The van der Waals surface area contributed by atoms with Crippen molar-refractivity contribution in [2.24, 2.45) is 17.8 Å². The van der Waals surface area contributed by atoms with E-state index in [1.54, 1.807) is 0 Å². The van der Waals surface area contributed by atoms with Crippen LogP contribution in [0, 0.1) is 17.8 Å². The van der Waals surface area contributed by atoms with Gasteiger partial charge in [-0.05, 0) is 43.9 Å². The number of hydrogen-bond acceptors (Lipinski definition) is 2. The molecule has 1 amide bonds. The van der Waals surface area contributed by atoms with E-state index < -0.39 is 0 Å². The van der Waals surface area contributed by atoms with Crippen LogP contribution in [0.15, 0.2) is 0 Å². The van der Waals surface area contributed by atoms with Gasteiger partial charge in [-0.3, -0.25) is 4.79 Å². The molecule has 1 saturated heterocycles. The SMILES string of the molecule is O=C(NC1(CBr)CCOCC1)C1CC2CCC1C2. The van der Waals surface area contributed by atoms with Crippen molar-refractivity contribution in [3.63, 3.8) is 0 Å². The normalized spacial score (nSPS) is 37.7. The maximum absolute atomic E-state index is 12.5. The molecule has 1 aliphatic heterocycles. The van der Waals surface area contributed by atoms with E-state index >= 15 is 0 Å². The Morgan fingerprint density at radius 1 is 1.28 bits per heavy atom. The van der Waals surface area contributed by atoms with Crippen LogP contribution in [0.2, 0.25) is 0 Å². The first-order valence-corrected chi connectivity index (χ1v) is 8.30. The molecule has 2 saturated carbocycles. The van der Waals surface area contributed by atoms with Crippen LogP contribution in [0.25, 0.3) is 0 Å². The zero-order valence-electron chi connectivity index (χ0n) is 10.8. The molecule has 3 unspecified atom stereocenters. The molecule has 3 rings (SSSR count). The largest absolute Gasteiger partial charge is 0.381 e. The zero-order valence-corrected chi connectivity index (χ0v) is 12.4. The van der Waals surface area contributed by atoms with Crippen molar-refractivity contribution in [1.29, 1.82) is 0 Å². The van der Waals surface area contributed by atoms with Crippen molar-refractivity contribution in [1.82, 2.24) is 5.32 Å². The summed E-state index contributed by atoms with van der Waals surface area (Å²) in [4.78, 5) is 12.5. The van der Waals surface area contributed by atoms with Gasteiger partial charge < -0.3 is 10.1 Å². The molecule has 3 aliphatic rings. The second kappa shape index (κ2) is 5.12. The minimum Gasteiger partial charge on any atom is -0.381 e. The predicted octanol–water partition coefficient (Wildman–Crippen LogP) is 2.48. The molecule has 0 aromatic heterocycles. The molecular weight excluding hydrogens is 294 g/mol. The number of carbonyl (C=O) groups is 1. The van der Waals surface area contributed by atoms with Gasteiger partial charge in [-0.2, -0.15) is 0 Å². The minimum absolute atomic E-state index is 0.0584. The standard InChI is InChI=1S/C14H22BrNO2/c15-9-14(3-5-18-6-4-14)16-13(17)12-8-10-1-2-11(12)7-10/h10-12H,1-9H2,(H,16,17). The monoisotopic (exact) mass is 315 g/mol. The molecule has 18 heavy (non-hydrogen) atoms. The molecule has 4 heteroatoms. The van der Waals surface area contributed by atoms with E-state index in [1.807, 2.05) is 0 Å². The van der Waals surface area contributed by atoms with Gasteiger partial charge in [-0.15, -0.1) is 0 Å². The number of rotatable bonds is 3. The zero-order chi connectivity index (χ0) is 12.6. The summed E-state index contributed by atoms with van der Waals surface area (Å²) >= 11 is 3.58. The third-order valence-electron chi connectivity index (χ3n) is 5.17. The number of hydrogen-bond donors (Lipinski definition) is 1. The lowest BCUT2D eigenvalue weighted by Crippen LogP contribution is -2.55. The molecule has 2 aliphatic carbocycles. The fraction of sp³-hybridized carbons (Fsp3) is 0.929. The van der Waals surface area contributed by atoms with E-state index in [2.05, 4.69) is 21.2 Å². The fourth-order valence-corrected chi connectivity index (χ4v) is 4.67. The lowest BCUT2D eigenvalue weighted by molar-refractivity contribution is -0.129. The quantitative estimate of drug-likeness (QED) is 0.813. The summed E-state index contributed by atoms with van der Waals surface area (Å²) in [5, 5.41) is 4.19. The Kier molecular flexibility index (Phi) is 3.68. The first-order chi connectivity index (χ1) is 8.72. The Morgan fingerprint density at radius 2 is 2.06 bits per heavy atom. The average molecular weight is 316 g/mol. The van der Waals surface area contributed by atoms with Crippen molar-refractivity contribution in [3.8, 4) is 0 Å². The lowest BCUT2D eigenvalue weighted by atomic mass is 9.86. The van der Waals surface area contributed by atoms with E-state index in [-0.39, 0.29) is 5.54 Å². The smallest absolute Gasteiger partial charge is 0.223 e. The number of alkyl halides is 1. The van der Waals surface area contributed by atoms with E-state index in [4.69, 9.17) is 4.74 Å². The summed E-state index contributed by atoms with van der Waals surface area (Å²) in [6.07, 6.45) is 6.92. The second-order valence-electron chi connectivity index (χ2n) is 6.30. The Hall–Kier alpha value is -0.0900. The summed E-state index contributed by atoms with van der Waals surface area (Å²) in [6.45, 7) is 1.53. The van der Waals surface area contributed by atoms with Gasteiger partial charge in [-0.25, -0.2) is 0 Å². The third-order valence-corrected chi connectivity index (χ3v) is 6.24. The Labute approximate surface area is 117 Å². The van der Waals surface area contributed by atoms with Crippen LogP contribution in [0.1, 0.15) is 38.5 Å². The van der Waals surface area contributed by atoms with Gasteiger partial charge in [0.15, 0.2) is 0 Å². The average Bonchev–Trinajstić information content (AvgIpc) is 3.02. The van der Waals surface area contributed by atoms with Crippen molar-refractivity contribution in [2.45, 2.75) is 44.1 Å². The van der Waals surface area contributed by atoms with Gasteiger partial charge in [0.1, 0.15) is 0 Å². The first-order valence-electron chi connectivity index (χ1n) is 7.18. The van der Waals surface area contributed by atoms with Crippen LogP contribution in [0.3, 0.4) is 0 Å². The van der Waals surface area contributed by atoms with Gasteiger partial charge in [0, 0.05) is 24.5 Å². The maximum Gasteiger partial charge on any atom is 0.223 e. The molecule has 2 bridgehead atoms. The number of amides is 1. The van der Waals surface area contributed by atoms with Gasteiger partial charge in [0.25, 0.3) is 0 Å². The molecule has 3 atom stereocenters. The van der Waals surface area contributed by atoms with Gasteiger partial charge in [0.2, 0.25) is 5.91 Å². The van der Waals surface area contributed by atoms with Gasteiger partial charge >= 0.3 is 0 Å². The third kappa shape index (κ3) is 2.34. The molecule has 1 N–H and O–H groups in total. The number of nitrogens with one attached hydrogen (secondary N) is 1. The molecule has 102 valence electrons. The highest BCUT2D eigenvalue weighted by molar-refractivity contribution is 9.09. The number of carbonyl (C=O) groups excluding carboxylic acids is 1. The molecular formula is C14H22BrNO2. The van der Waals surface area contributed by atoms with Crippen LogP contribution in [-0.2, 0) is 9.53 Å². The summed E-state index contributed by atoms with van der Waals surface area (Å²) in [6, 6.07) is 0. The first kappa shape index (κ1) is 12.9. The Morgan fingerprint density at radius 3 is 2.61 bits per heavy atom. The topological polar surface area (TPSA) is 38.3 Å². The molecule has 0 radical (unpaired) electrons. The molecule has 0 aromatic rings. The van der Waals surface area contributed by atoms with Crippen molar-refractivity contribution in [2.75, 3.05) is 18.5 Å². The lowest BCUT2D eigenvalue weighted by Gasteiger charge is -2.38. The van der Waals surface area contributed by atoms with E-state index in [0.717, 1.165) is 43.7 Å². The molecule has 0 aromatic carbocycles. The Bertz CT molecular complexity index is 328. The highest BCUT2D eigenvalue weighted by Gasteiger charge is 2.45. The Balaban J connectivity index is 1.62. The summed E-state index contributed by atoms with van der Waals surface area (Å²) in [5.74, 6) is 2.11. The molecule has 1 heterocycles. The van der Waals surface area contributed by atoms with Crippen LogP contribution >= 0.6 is 15.9 Å². The van der Waals surface area contributed by atoms with Gasteiger partial charge in [0.05, 0.1) is 5.54 Å². The van der Waals surface area contributed by atoms with E-state index in [9.17, 15) is 4.79 Å². The second-order valence-corrected chi connectivity index (χ2v) is 6.86. The highest BCUT2D eigenvalue weighted by atomic mass is 79.9. The van der Waals surface area contributed by atoms with Crippen LogP contribution in [0.5, 0.6) is 0 Å². The van der Waals surface area contributed by atoms with E-state index in [1.165, 1.54) is 19.3 Å². The summed E-state index contributed by atoms with van der Waals surface area (Å²) in [7, 11) is 0. The molecule has 3 fully saturated rings. The van der Waals surface area contributed by atoms with Crippen molar-refractivity contribution >= 4 is 21.8 Å². The van der Waals surface area contributed by atoms with Crippen LogP contribution in [-0.4, -0.2) is 30.0 Å². The highest BCUT2D eigenvalue weighted by Crippen LogP contribution is 2.48. The van der Waals surface area contributed by atoms with Gasteiger partial charge in [-0.1, -0.05) is 22.4 Å². The summed E-state index contributed by atoms with van der Waals surface area (Å²) in [5.41, 5.74) is -0.0584. The van der Waals surface area contributed by atoms with E-state index in [0.29, 0.717) is 17.7 Å². The number of fused-ring (bicyclic) bond motifs is 2. The minimum atomic E-state index is -0.0584. The summed E-state index contributed by atoms with van der Waals surface area (Å²) < 4.78 is 5.41. The van der Waals surface area contributed by atoms with Crippen molar-refractivity contribution in [3.05, 3.63) is 0 Å². The number of halogens is 1. The van der Waals surface area contributed by atoms with Crippen molar-refractivity contribution < 1.29 is 9.53 Å². The maximum atomic E-state index is 12.5. The predicted molar refractivity (Wildman–Crippen MR) is 73.7 cm³/mol. The molecule has 0 spiro atoms. The number of ether oxygens (including phenoxy) is 1. The van der Waals surface area contributed by atoms with Crippen LogP contribution in [0.4, 0.5) is 0 Å². The fourth-order valence-electron chi connectivity index (χ4n) is 3.97. The van der Waals surface area contributed by atoms with Crippen LogP contribution < -0.4 is 5.32 Å².